The van der Waals surface area contributed by atoms with Crippen molar-refractivity contribution >= 4 is 17.6 Å². The van der Waals surface area contributed by atoms with E-state index >= 15 is 0 Å². The number of ether oxygens (including phenoxy) is 1. The Hall–Kier alpha value is -1.67. The van der Waals surface area contributed by atoms with Crippen molar-refractivity contribution in [1.29, 1.82) is 5.26 Å². The first-order valence-electron chi connectivity index (χ1n) is 5.59. The number of hydrogen-bond donors (Lipinski definition) is 0. The molecule has 1 rings (SSSR count). The number of alkyl halides is 3. The summed E-state index contributed by atoms with van der Waals surface area (Å²) in [5.74, 6) is -0.497. The van der Waals surface area contributed by atoms with E-state index in [-0.39, 0.29) is 30.0 Å². The highest BCUT2D eigenvalue weighted by Crippen LogP contribution is 2.27. The maximum atomic E-state index is 12.8. The lowest BCUT2D eigenvalue weighted by molar-refractivity contribution is -0.142. The topological polar surface area (TPSA) is 50.1 Å². The molecule has 1 aromatic carbocycles. The van der Waals surface area contributed by atoms with Crippen molar-refractivity contribution in [1.82, 2.24) is 0 Å². The van der Waals surface area contributed by atoms with Crippen LogP contribution in [0.5, 0.6) is 0 Å². The van der Waals surface area contributed by atoms with E-state index in [2.05, 4.69) is 0 Å². The van der Waals surface area contributed by atoms with Gasteiger partial charge in [-0.2, -0.15) is 5.26 Å². The van der Waals surface area contributed by atoms with Crippen molar-refractivity contribution in [3.8, 4) is 6.07 Å². The van der Waals surface area contributed by atoms with E-state index in [9.17, 15) is 13.6 Å². The van der Waals surface area contributed by atoms with Gasteiger partial charge in [0.25, 0.3) is 6.43 Å². The number of hydrogen-bond acceptors (Lipinski definition) is 3. The molecule has 0 aliphatic carbocycles. The van der Waals surface area contributed by atoms with Crippen LogP contribution in [0.1, 0.15) is 35.6 Å². The molecule has 0 bridgehead atoms. The molecule has 0 radical (unpaired) electrons. The van der Waals surface area contributed by atoms with E-state index < -0.39 is 12.4 Å². The number of carbonyl (C=O) groups is 1. The minimum absolute atomic E-state index is 0.0137. The Morgan fingerprint density at radius 3 is 2.63 bits per heavy atom. The largest absolute Gasteiger partial charge is 0.466 e. The average molecular weight is 288 g/mol. The van der Waals surface area contributed by atoms with Gasteiger partial charge in [0.05, 0.1) is 24.7 Å². The van der Waals surface area contributed by atoms with Crippen LogP contribution in [0.2, 0.25) is 0 Å². The van der Waals surface area contributed by atoms with E-state index in [0.717, 1.165) is 0 Å². The molecule has 102 valence electrons. The smallest absolute Gasteiger partial charge is 0.310 e. The molecule has 0 unspecified atom stereocenters. The normalized spacial score (nSPS) is 10.3. The van der Waals surface area contributed by atoms with Gasteiger partial charge in [-0.3, -0.25) is 4.79 Å². The van der Waals surface area contributed by atoms with Crippen molar-refractivity contribution in [2.75, 3.05) is 6.61 Å². The van der Waals surface area contributed by atoms with Crippen LogP contribution < -0.4 is 0 Å². The number of carbonyl (C=O) groups excluding carboxylic acids is 1. The monoisotopic (exact) mass is 287 g/mol. The number of nitrogens with zero attached hydrogens (tertiary/aromatic N) is 1. The Balaban J connectivity index is 3.18. The molecule has 0 saturated heterocycles. The summed E-state index contributed by atoms with van der Waals surface area (Å²) in [5, 5.41) is 8.86. The molecule has 19 heavy (non-hydrogen) atoms. The van der Waals surface area contributed by atoms with Gasteiger partial charge in [-0.05, 0) is 30.2 Å². The first-order chi connectivity index (χ1) is 9.03. The van der Waals surface area contributed by atoms with Crippen molar-refractivity contribution in [3.05, 3.63) is 34.4 Å². The molecule has 3 nitrogen and oxygen atoms in total. The van der Waals surface area contributed by atoms with E-state index in [0.29, 0.717) is 11.1 Å². The van der Waals surface area contributed by atoms with Crippen LogP contribution >= 0.6 is 11.6 Å². The summed E-state index contributed by atoms with van der Waals surface area (Å²) in [6, 6.07) is 4.14. The average Bonchev–Trinajstić information content (AvgIpc) is 2.38. The molecule has 1 aromatic rings. The molecule has 0 heterocycles. The van der Waals surface area contributed by atoms with Gasteiger partial charge in [0.1, 0.15) is 0 Å². The fraction of sp³-hybridized carbons (Fsp3) is 0.385. The van der Waals surface area contributed by atoms with Crippen molar-refractivity contribution < 1.29 is 18.3 Å². The highest BCUT2D eigenvalue weighted by molar-refractivity contribution is 6.17. The summed E-state index contributed by atoms with van der Waals surface area (Å²) < 4.78 is 30.3. The number of esters is 1. The van der Waals surface area contributed by atoms with E-state index in [1.807, 2.05) is 0 Å². The summed E-state index contributed by atoms with van der Waals surface area (Å²) in [5.41, 5.74) is 0.326. The molecule has 0 aliphatic rings. The van der Waals surface area contributed by atoms with E-state index in [1.165, 1.54) is 12.1 Å². The van der Waals surface area contributed by atoms with Crippen LogP contribution in [0, 0.1) is 11.3 Å². The molecule has 0 aliphatic heterocycles. The Kier molecular flexibility index (Phi) is 5.71. The van der Waals surface area contributed by atoms with E-state index in [1.54, 1.807) is 13.0 Å². The molecule has 0 aromatic heterocycles. The van der Waals surface area contributed by atoms with Crippen LogP contribution in [0.25, 0.3) is 0 Å². The lowest BCUT2D eigenvalue weighted by Crippen LogP contribution is -2.10. The SMILES string of the molecule is CCOC(=O)Cc1cc(C#N)c(C(F)F)cc1CCl. The van der Waals surface area contributed by atoms with Crippen LogP contribution in [0.3, 0.4) is 0 Å². The molecule has 0 N–H and O–H groups in total. The number of halogens is 3. The van der Waals surface area contributed by atoms with Crippen LogP contribution in [-0.2, 0) is 21.8 Å². The highest BCUT2D eigenvalue weighted by Gasteiger charge is 2.18. The van der Waals surface area contributed by atoms with Gasteiger partial charge in [0.15, 0.2) is 0 Å². The predicted molar refractivity (Wildman–Crippen MR) is 66.0 cm³/mol. The minimum atomic E-state index is -2.76. The zero-order valence-corrected chi connectivity index (χ0v) is 11.0. The van der Waals surface area contributed by atoms with E-state index in [4.69, 9.17) is 21.6 Å². The second-order valence-electron chi connectivity index (χ2n) is 3.74. The Morgan fingerprint density at radius 1 is 1.47 bits per heavy atom. The zero-order valence-electron chi connectivity index (χ0n) is 10.3. The van der Waals surface area contributed by atoms with Gasteiger partial charge < -0.3 is 4.74 Å². The second-order valence-corrected chi connectivity index (χ2v) is 4.00. The summed E-state index contributed by atoms with van der Waals surface area (Å²) in [6.45, 7) is 1.90. The van der Waals surface area contributed by atoms with Gasteiger partial charge >= 0.3 is 5.97 Å². The minimum Gasteiger partial charge on any atom is -0.466 e. The van der Waals surface area contributed by atoms with Gasteiger partial charge in [-0.1, -0.05) is 0 Å². The van der Waals surface area contributed by atoms with Gasteiger partial charge in [0, 0.05) is 11.4 Å². The molecular weight excluding hydrogens is 276 g/mol. The fourth-order valence-electron chi connectivity index (χ4n) is 1.64. The number of nitriles is 1. The first kappa shape index (κ1) is 15.4. The maximum absolute atomic E-state index is 12.8. The van der Waals surface area contributed by atoms with Crippen molar-refractivity contribution in [2.45, 2.75) is 25.7 Å². The third-order valence-corrected chi connectivity index (χ3v) is 2.80. The Morgan fingerprint density at radius 2 is 2.16 bits per heavy atom. The zero-order chi connectivity index (χ0) is 14.4. The third kappa shape index (κ3) is 3.90. The summed E-state index contributed by atoms with van der Waals surface area (Å²) in [6.07, 6.45) is -2.85. The van der Waals surface area contributed by atoms with Gasteiger partial charge in [0.2, 0.25) is 0 Å². The maximum Gasteiger partial charge on any atom is 0.310 e. The molecule has 0 spiro atoms. The lowest BCUT2D eigenvalue weighted by Gasteiger charge is -2.11. The van der Waals surface area contributed by atoms with Crippen LogP contribution in [-0.4, -0.2) is 12.6 Å². The van der Waals surface area contributed by atoms with Crippen molar-refractivity contribution in [3.63, 3.8) is 0 Å². The number of rotatable bonds is 5. The molecule has 6 heteroatoms. The summed E-state index contributed by atoms with van der Waals surface area (Å²) in [7, 11) is 0. The van der Waals surface area contributed by atoms with Crippen molar-refractivity contribution in [2.24, 2.45) is 0 Å². The summed E-state index contributed by atoms with van der Waals surface area (Å²) in [4.78, 5) is 11.4. The molecule has 0 amide bonds. The Labute approximate surface area is 114 Å². The predicted octanol–water partition coefficient (Wildman–Crippen LogP) is 3.34. The lowest BCUT2D eigenvalue weighted by atomic mass is 9.98. The molecular formula is C13H12ClF2NO2. The van der Waals surface area contributed by atoms with Gasteiger partial charge in [-0.15, -0.1) is 11.6 Å². The Bertz CT molecular complexity index is 512. The fourth-order valence-corrected chi connectivity index (χ4v) is 1.89. The number of benzene rings is 1. The highest BCUT2D eigenvalue weighted by atomic mass is 35.5. The standard InChI is InChI=1S/C13H12ClF2NO2/c1-2-19-12(18)5-8-3-10(7-17)11(13(15)16)4-9(8)6-14/h3-4,13H,2,5-6H2,1H3. The molecule has 0 fully saturated rings. The summed E-state index contributed by atoms with van der Waals surface area (Å²) >= 11 is 5.68. The van der Waals surface area contributed by atoms with Crippen LogP contribution in [0.15, 0.2) is 12.1 Å². The van der Waals surface area contributed by atoms with Crippen LogP contribution in [0.4, 0.5) is 8.78 Å². The van der Waals surface area contributed by atoms with Gasteiger partial charge in [-0.25, -0.2) is 8.78 Å². The first-order valence-corrected chi connectivity index (χ1v) is 6.12. The molecule has 0 atom stereocenters. The quantitative estimate of drug-likeness (QED) is 0.616. The third-order valence-electron chi connectivity index (χ3n) is 2.51. The second kappa shape index (κ2) is 7.05. The molecule has 0 saturated carbocycles.